The molecule has 0 bridgehead atoms. The van der Waals surface area contributed by atoms with E-state index in [1.165, 1.54) is 0 Å². The molecular weight excluding hydrogens is 469 g/mol. The molecule has 1 saturated heterocycles. The number of aryl methyl sites for hydroxylation is 1. The van der Waals surface area contributed by atoms with Crippen LogP contribution >= 0.6 is 11.6 Å². The van der Waals surface area contributed by atoms with E-state index < -0.39 is 5.82 Å². The molecule has 1 aliphatic rings. The Labute approximate surface area is 205 Å². The molecule has 8 nitrogen and oxygen atoms in total. The van der Waals surface area contributed by atoms with Crippen molar-refractivity contribution in [1.82, 2.24) is 20.0 Å². The van der Waals surface area contributed by atoms with Gasteiger partial charge in [-0.1, -0.05) is 17.7 Å². The number of hydrogen-bond donors (Lipinski definition) is 2. The molecule has 0 amide bonds. The summed E-state index contributed by atoms with van der Waals surface area (Å²) < 4.78 is 17.2. The van der Waals surface area contributed by atoms with Crippen molar-refractivity contribution in [2.45, 2.75) is 25.8 Å². The first kappa shape index (κ1) is 23.0. The maximum Gasteiger partial charge on any atom is 0.272 e. The normalized spacial score (nSPS) is 13.9. The Hall–Kier alpha value is -3.74. The van der Waals surface area contributed by atoms with Crippen LogP contribution in [0, 0.1) is 12.4 Å². The van der Waals surface area contributed by atoms with Gasteiger partial charge in [0.05, 0.1) is 34.6 Å². The Bertz CT molecular complexity index is 1550. The Morgan fingerprint density at radius 1 is 1.23 bits per heavy atom. The molecule has 10 heteroatoms. The number of nitrogens with zero attached hydrogens (tertiary/aromatic N) is 5. The number of rotatable bonds is 4. The molecule has 5 rings (SSSR count). The largest absolute Gasteiger partial charge is 0.380 e. The summed E-state index contributed by atoms with van der Waals surface area (Å²) in [6.07, 6.45) is 4.76. The van der Waals surface area contributed by atoms with Crippen LogP contribution in [0.15, 0.2) is 35.3 Å². The van der Waals surface area contributed by atoms with Gasteiger partial charge in [-0.2, -0.15) is 10.2 Å². The second kappa shape index (κ2) is 9.13. The Balaban J connectivity index is 1.76. The molecule has 0 atom stereocenters. The molecule has 0 aliphatic carbocycles. The predicted octanol–water partition coefficient (Wildman–Crippen LogP) is 4.78. The monoisotopic (exact) mass is 491 g/mol. The number of H-pyrrole nitrogens is 1. The van der Waals surface area contributed by atoms with Crippen LogP contribution in [0.2, 0.25) is 5.02 Å². The molecule has 0 saturated carbocycles. The number of hydrogen-bond acceptors (Lipinski definition) is 5. The number of aromatic amines is 1. The van der Waals surface area contributed by atoms with E-state index in [0.717, 1.165) is 32.4 Å². The number of aromatic nitrogens is 4. The molecule has 3 N–H and O–H groups in total. The van der Waals surface area contributed by atoms with Crippen molar-refractivity contribution < 1.29 is 4.39 Å². The van der Waals surface area contributed by atoms with E-state index >= 15 is 4.39 Å². The zero-order valence-electron chi connectivity index (χ0n) is 19.1. The third-order valence-corrected chi connectivity index (χ3v) is 6.80. The highest BCUT2D eigenvalue weighted by molar-refractivity contribution is 6.31. The van der Waals surface area contributed by atoms with Gasteiger partial charge in [-0.3, -0.25) is 9.48 Å². The Kier molecular flexibility index (Phi) is 6.01. The highest BCUT2D eigenvalue weighted by Crippen LogP contribution is 2.47. The average molecular weight is 492 g/mol. The lowest BCUT2D eigenvalue weighted by atomic mass is 9.96. The maximum atomic E-state index is 15.7. The van der Waals surface area contributed by atoms with Crippen LogP contribution in [0.25, 0.3) is 38.0 Å². The van der Waals surface area contributed by atoms with Gasteiger partial charge in [0.25, 0.3) is 5.56 Å². The summed E-state index contributed by atoms with van der Waals surface area (Å²) in [4.78, 5) is 18.1. The van der Waals surface area contributed by atoms with E-state index in [0.29, 0.717) is 39.0 Å². The summed E-state index contributed by atoms with van der Waals surface area (Å²) in [5, 5.41) is 11.9. The van der Waals surface area contributed by atoms with E-state index in [2.05, 4.69) is 25.0 Å². The molecule has 4 aromatic rings. The minimum absolute atomic E-state index is 0.0419. The van der Waals surface area contributed by atoms with Gasteiger partial charge in [0, 0.05) is 48.9 Å². The van der Waals surface area contributed by atoms with Crippen LogP contribution in [0.3, 0.4) is 0 Å². The molecule has 2 aromatic carbocycles. The fraction of sp³-hybridized carbons (Fsp3) is 0.280. The van der Waals surface area contributed by atoms with E-state index in [9.17, 15) is 4.79 Å². The fourth-order valence-electron chi connectivity index (χ4n) is 4.80. The minimum atomic E-state index is -0.662. The lowest BCUT2D eigenvalue weighted by Gasteiger charge is -2.31. The molecule has 35 heavy (non-hydrogen) atoms. The van der Waals surface area contributed by atoms with Crippen molar-refractivity contribution >= 4 is 33.7 Å². The Morgan fingerprint density at radius 2 is 2.00 bits per heavy atom. The van der Waals surface area contributed by atoms with E-state index in [-0.39, 0.29) is 28.4 Å². The number of piperidine rings is 1. The summed E-state index contributed by atoms with van der Waals surface area (Å²) in [5.74, 6) is -0.662. The maximum absolute atomic E-state index is 15.7. The van der Waals surface area contributed by atoms with E-state index in [4.69, 9.17) is 23.9 Å². The first-order chi connectivity index (χ1) is 16.9. The SMILES string of the molecule is [C-]#[N+]c1c(N2CCCCC2)cc(Cl)c(F)c1-c1c(-c2ccc3c(=O)[nH]nc(CN)c3c2)cnn1C. The summed E-state index contributed by atoms with van der Waals surface area (Å²) in [6, 6.07) is 6.80. The van der Waals surface area contributed by atoms with Crippen LogP contribution in [0.1, 0.15) is 25.0 Å². The zero-order valence-corrected chi connectivity index (χ0v) is 19.9. The predicted molar refractivity (Wildman–Crippen MR) is 135 cm³/mol. The van der Waals surface area contributed by atoms with Gasteiger partial charge >= 0.3 is 0 Å². The average Bonchev–Trinajstić information content (AvgIpc) is 3.26. The molecule has 178 valence electrons. The van der Waals surface area contributed by atoms with Crippen molar-refractivity contribution in [2.24, 2.45) is 12.8 Å². The van der Waals surface area contributed by atoms with E-state index in [1.54, 1.807) is 42.2 Å². The zero-order chi connectivity index (χ0) is 24.7. The van der Waals surface area contributed by atoms with Gasteiger partial charge in [0.15, 0.2) is 0 Å². The van der Waals surface area contributed by atoms with Crippen LogP contribution in [0.5, 0.6) is 0 Å². The Morgan fingerprint density at radius 3 is 2.71 bits per heavy atom. The van der Waals surface area contributed by atoms with Gasteiger partial charge in [-0.15, -0.1) is 0 Å². The lowest BCUT2D eigenvalue weighted by molar-refractivity contribution is 0.577. The van der Waals surface area contributed by atoms with Gasteiger partial charge in [0.2, 0.25) is 5.69 Å². The third-order valence-electron chi connectivity index (χ3n) is 6.53. The minimum Gasteiger partial charge on any atom is -0.380 e. The van der Waals surface area contributed by atoms with Crippen LogP contribution in [0.4, 0.5) is 15.8 Å². The number of nitrogens with two attached hydrogens (primary N) is 1. The standard InChI is InChI=1S/C25H23ClFN7O/c1-29-23-20(34-8-4-3-5-9-34)11-18(26)22(27)21(23)24-17(13-30-33(24)2)14-6-7-15-16(10-14)19(12-28)31-32-25(15)35/h6-7,10-11,13H,3-5,8-9,12,28H2,2H3,(H,32,35). The molecule has 0 spiro atoms. The molecule has 1 aliphatic heterocycles. The topological polar surface area (TPSA) is 97.2 Å². The molecule has 0 radical (unpaired) electrons. The molecule has 2 aromatic heterocycles. The van der Waals surface area contributed by atoms with Crippen molar-refractivity contribution in [2.75, 3.05) is 18.0 Å². The highest BCUT2D eigenvalue weighted by atomic mass is 35.5. The smallest absolute Gasteiger partial charge is 0.272 e. The summed E-state index contributed by atoms with van der Waals surface area (Å²) >= 11 is 6.38. The fourth-order valence-corrected chi connectivity index (χ4v) is 4.99. The molecule has 1 fully saturated rings. The summed E-state index contributed by atoms with van der Waals surface area (Å²) in [7, 11) is 1.70. The van der Waals surface area contributed by atoms with Gasteiger partial charge < -0.3 is 10.6 Å². The number of fused-ring (bicyclic) bond motifs is 1. The van der Waals surface area contributed by atoms with Crippen LogP contribution in [-0.2, 0) is 13.6 Å². The van der Waals surface area contributed by atoms with Crippen molar-refractivity contribution in [3.8, 4) is 22.4 Å². The van der Waals surface area contributed by atoms with Crippen molar-refractivity contribution in [3.63, 3.8) is 0 Å². The molecule has 3 heterocycles. The number of nitrogens with one attached hydrogen (secondary N) is 1. The quantitative estimate of drug-likeness (QED) is 0.400. The highest BCUT2D eigenvalue weighted by Gasteiger charge is 2.27. The van der Waals surface area contributed by atoms with Gasteiger partial charge in [-0.05, 0) is 43.0 Å². The number of anilines is 1. The van der Waals surface area contributed by atoms with Crippen molar-refractivity contribution in [3.05, 3.63) is 68.8 Å². The third kappa shape index (κ3) is 3.85. The lowest BCUT2D eigenvalue weighted by Crippen LogP contribution is -2.29. The first-order valence-corrected chi connectivity index (χ1v) is 11.7. The van der Waals surface area contributed by atoms with Crippen LogP contribution < -0.4 is 16.2 Å². The molecule has 0 unspecified atom stereocenters. The second-order valence-electron chi connectivity index (χ2n) is 8.57. The molecular formula is C25H23ClFN7O. The second-order valence-corrected chi connectivity index (χ2v) is 8.98. The summed E-state index contributed by atoms with van der Waals surface area (Å²) in [6.45, 7) is 9.66. The summed E-state index contributed by atoms with van der Waals surface area (Å²) in [5.41, 5.74) is 8.74. The van der Waals surface area contributed by atoms with Crippen LogP contribution in [-0.4, -0.2) is 33.1 Å². The van der Waals surface area contributed by atoms with Gasteiger partial charge in [-0.25, -0.2) is 14.3 Å². The van der Waals surface area contributed by atoms with Gasteiger partial charge in [0.1, 0.15) is 5.82 Å². The first-order valence-electron chi connectivity index (χ1n) is 11.3. The van der Waals surface area contributed by atoms with E-state index in [1.807, 2.05) is 0 Å². The number of benzene rings is 2. The van der Waals surface area contributed by atoms with Crippen molar-refractivity contribution in [1.29, 1.82) is 0 Å². The number of halogens is 2.